The zero-order valence-corrected chi connectivity index (χ0v) is 18.8. The number of aryl methyl sites for hydroxylation is 1. The Hall–Kier alpha value is -4.13. The molecule has 0 aliphatic carbocycles. The van der Waals surface area contributed by atoms with Gasteiger partial charge in [0, 0.05) is 16.9 Å². The standard InChI is InChI=1S/C27H24N4O2/c1-5-26(3)27(33,21-8-6-7-19(2)17-21)31(24-15-11-22(29-4)12-16-24)25(32)30(26)23-13-9-20(18-28)10-14-23/h6-17,33H,5H2,1-3H3/t26-,27?/m1/s1. The van der Waals surface area contributed by atoms with Crippen molar-refractivity contribution >= 4 is 23.1 Å². The number of anilines is 2. The number of amides is 2. The van der Waals surface area contributed by atoms with E-state index < -0.39 is 11.3 Å². The first kappa shape index (κ1) is 22.1. The van der Waals surface area contributed by atoms with Gasteiger partial charge in [-0.1, -0.05) is 48.9 Å². The van der Waals surface area contributed by atoms with Crippen molar-refractivity contribution in [3.63, 3.8) is 0 Å². The van der Waals surface area contributed by atoms with Crippen LogP contribution in [0.2, 0.25) is 0 Å². The Labute approximate surface area is 193 Å². The quantitative estimate of drug-likeness (QED) is 0.519. The number of urea groups is 1. The molecule has 3 aromatic carbocycles. The van der Waals surface area contributed by atoms with Gasteiger partial charge in [-0.3, -0.25) is 9.80 Å². The molecule has 6 heteroatoms. The molecule has 164 valence electrons. The van der Waals surface area contributed by atoms with E-state index in [-0.39, 0.29) is 6.03 Å². The van der Waals surface area contributed by atoms with E-state index in [1.165, 1.54) is 4.90 Å². The minimum atomic E-state index is -1.70. The van der Waals surface area contributed by atoms with E-state index in [0.29, 0.717) is 34.6 Å². The summed E-state index contributed by atoms with van der Waals surface area (Å²) in [6.07, 6.45) is 0.458. The smallest absolute Gasteiger partial charge is 0.332 e. The summed E-state index contributed by atoms with van der Waals surface area (Å²) in [6, 6.07) is 22.7. The fourth-order valence-corrected chi connectivity index (χ4v) is 4.61. The molecule has 33 heavy (non-hydrogen) atoms. The molecule has 1 aliphatic heterocycles. The summed E-state index contributed by atoms with van der Waals surface area (Å²) in [5.41, 5.74) is 0.860. The molecule has 0 bridgehead atoms. The summed E-state index contributed by atoms with van der Waals surface area (Å²) >= 11 is 0. The van der Waals surface area contributed by atoms with E-state index in [2.05, 4.69) is 10.9 Å². The van der Waals surface area contributed by atoms with Crippen molar-refractivity contribution in [2.24, 2.45) is 0 Å². The molecule has 0 aromatic heterocycles. The van der Waals surface area contributed by atoms with Gasteiger partial charge in [0.05, 0.1) is 23.7 Å². The molecule has 3 aromatic rings. The first-order valence-electron chi connectivity index (χ1n) is 10.7. The maximum atomic E-state index is 14.0. The Morgan fingerprint density at radius 1 is 1.03 bits per heavy atom. The lowest BCUT2D eigenvalue weighted by Gasteiger charge is -2.44. The molecule has 1 saturated heterocycles. The van der Waals surface area contributed by atoms with Crippen LogP contribution < -0.4 is 9.80 Å². The fourth-order valence-electron chi connectivity index (χ4n) is 4.61. The van der Waals surface area contributed by atoms with Gasteiger partial charge < -0.3 is 5.11 Å². The Kier molecular flexibility index (Phi) is 5.41. The molecular formula is C27H24N4O2. The van der Waals surface area contributed by atoms with E-state index in [1.54, 1.807) is 53.4 Å². The second-order valence-corrected chi connectivity index (χ2v) is 8.41. The number of aliphatic hydroxyl groups is 1. The summed E-state index contributed by atoms with van der Waals surface area (Å²) in [7, 11) is 0. The van der Waals surface area contributed by atoms with E-state index >= 15 is 0 Å². The Balaban J connectivity index is 1.99. The van der Waals surface area contributed by atoms with Gasteiger partial charge in [0.15, 0.2) is 11.4 Å². The molecule has 0 radical (unpaired) electrons. The van der Waals surface area contributed by atoms with Gasteiger partial charge in [0.2, 0.25) is 0 Å². The van der Waals surface area contributed by atoms with Gasteiger partial charge in [0.1, 0.15) is 0 Å². The van der Waals surface area contributed by atoms with Gasteiger partial charge in [0.25, 0.3) is 0 Å². The summed E-state index contributed by atoms with van der Waals surface area (Å²) in [4.78, 5) is 20.5. The highest BCUT2D eigenvalue weighted by Gasteiger charge is 2.65. The molecule has 1 aliphatic rings. The highest BCUT2D eigenvalue weighted by molar-refractivity contribution is 6.09. The Morgan fingerprint density at radius 2 is 1.64 bits per heavy atom. The topological polar surface area (TPSA) is 71.9 Å². The van der Waals surface area contributed by atoms with Crippen LogP contribution in [0.25, 0.3) is 4.85 Å². The molecule has 1 fully saturated rings. The van der Waals surface area contributed by atoms with Gasteiger partial charge >= 0.3 is 6.03 Å². The van der Waals surface area contributed by atoms with Crippen molar-refractivity contribution in [2.75, 3.05) is 9.80 Å². The van der Waals surface area contributed by atoms with Crippen LogP contribution in [0.5, 0.6) is 0 Å². The predicted octanol–water partition coefficient (Wildman–Crippen LogP) is 5.88. The molecule has 1 unspecified atom stereocenters. The van der Waals surface area contributed by atoms with Crippen molar-refractivity contribution < 1.29 is 9.90 Å². The third-order valence-corrected chi connectivity index (χ3v) is 6.55. The number of hydrogen-bond donors (Lipinski definition) is 1. The first-order valence-corrected chi connectivity index (χ1v) is 10.7. The predicted molar refractivity (Wildman–Crippen MR) is 128 cm³/mol. The minimum absolute atomic E-state index is 0.386. The summed E-state index contributed by atoms with van der Waals surface area (Å²) in [5, 5.41) is 21.7. The zero-order valence-electron chi connectivity index (χ0n) is 18.8. The molecule has 4 rings (SSSR count). The van der Waals surface area contributed by atoms with E-state index in [9.17, 15) is 15.2 Å². The van der Waals surface area contributed by atoms with Crippen molar-refractivity contribution in [3.05, 3.63) is 101 Å². The molecule has 6 nitrogen and oxygen atoms in total. The second-order valence-electron chi connectivity index (χ2n) is 8.41. The monoisotopic (exact) mass is 436 g/mol. The number of rotatable bonds is 4. The summed E-state index contributed by atoms with van der Waals surface area (Å²) in [5.74, 6) is 0. The van der Waals surface area contributed by atoms with E-state index in [0.717, 1.165) is 5.56 Å². The lowest BCUT2D eigenvalue weighted by atomic mass is 9.79. The lowest BCUT2D eigenvalue weighted by Crippen LogP contribution is -2.57. The van der Waals surface area contributed by atoms with Crippen LogP contribution in [0.3, 0.4) is 0 Å². The first-order chi connectivity index (χ1) is 15.8. The molecule has 0 spiro atoms. The average Bonchev–Trinajstić information content (AvgIpc) is 3.02. The largest absolute Gasteiger partial charge is 0.364 e. The fraction of sp³-hybridized carbons (Fsp3) is 0.222. The highest BCUT2D eigenvalue weighted by atomic mass is 16.3. The number of benzene rings is 3. The Bertz CT molecular complexity index is 1290. The van der Waals surface area contributed by atoms with Crippen LogP contribution in [-0.4, -0.2) is 16.7 Å². The van der Waals surface area contributed by atoms with Crippen LogP contribution in [0.4, 0.5) is 21.9 Å². The molecule has 2 atom stereocenters. The second kappa shape index (κ2) is 8.09. The highest BCUT2D eigenvalue weighted by Crippen LogP contribution is 2.52. The van der Waals surface area contributed by atoms with Crippen molar-refractivity contribution in [2.45, 2.75) is 38.5 Å². The number of carbonyl (C=O) groups is 1. The Morgan fingerprint density at radius 3 is 2.18 bits per heavy atom. The van der Waals surface area contributed by atoms with E-state index in [4.69, 9.17) is 6.57 Å². The molecule has 2 amide bonds. The molecular weight excluding hydrogens is 412 g/mol. The van der Waals surface area contributed by atoms with Crippen LogP contribution >= 0.6 is 0 Å². The zero-order chi connectivity index (χ0) is 23.8. The number of hydrogen-bond acceptors (Lipinski definition) is 3. The van der Waals surface area contributed by atoms with Crippen LogP contribution in [0.1, 0.15) is 37.0 Å². The molecule has 0 saturated carbocycles. The average molecular weight is 437 g/mol. The maximum absolute atomic E-state index is 14.0. The van der Waals surface area contributed by atoms with Gasteiger partial charge in [-0.05, 0) is 56.7 Å². The third kappa shape index (κ3) is 3.24. The third-order valence-electron chi connectivity index (χ3n) is 6.55. The van der Waals surface area contributed by atoms with Crippen molar-refractivity contribution in [3.8, 4) is 6.07 Å². The van der Waals surface area contributed by atoms with E-state index in [1.807, 2.05) is 45.0 Å². The summed E-state index contributed by atoms with van der Waals surface area (Å²) in [6.45, 7) is 13.0. The SMILES string of the molecule is [C-]#[N+]c1ccc(N2C(=O)N(c3ccc(C#N)cc3)[C@](C)(CC)C2(O)c2cccc(C)c2)cc1. The van der Waals surface area contributed by atoms with Crippen LogP contribution in [-0.2, 0) is 5.72 Å². The maximum Gasteiger partial charge on any atom is 0.332 e. The number of nitriles is 1. The van der Waals surface area contributed by atoms with Crippen molar-refractivity contribution in [1.82, 2.24) is 0 Å². The number of carbonyl (C=O) groups excluding carboxylic acids is 1. The van der Waals surface area contributed by atoms with Crippen LogP contribution in [0.15, 0.2) is 72.8 Å². The molecule has 1 heterocycles. The number of nitrogens with zero attached hydrogens (tertiary/aromatic N) is 4. The lowest BCUT2D eigenvalue weighted by molar-refractivity contribution is -0.0118. The summed E-state index contributed by atoms with van der Waals surface area (Å²) < 4.78 is 0. The van der Waals surface area contributed by atoms with Gasteiger partial charge in [-0.15, -0.1) is 0 Å². The minimum Gasteiger partial charge on any atom is -0.364 e. The normalized spacial score (nSPS) is 22.2. The van der Waals surface area contributed by atoms with Gasteiger partial charge in [-0.2, -0.15) is 5.26 Å². The van der Waals surface area contributed by atoms with Crippen LogP contribution in [0, 0.1) is 24.8 Å². The molecule has 1 N–H and O–H groups in total. The van der Waals surface area contributed by atoms with Gasteiger partial charge in [-0.25, -0.2) is 9.64 Å². The van der Waals surface area contributed by atoms with Crippen molar-refractivity contribution in [1.29, 1.82) is 5.26 Å².